The Labute approximate surface area is 136 Å². The molecule has 6 heteroatoms. The minimum absolute atomic E-state index is 0.263. The van der Waals surface area contributed by atoms with Gasteiger partial charge in [-0.3, -0.25) is 9.59 Å². The number of aryl methyl sites for hydroxylation is 2. The van der Waals surface area contributed by atoms with E-state index in [1.165, 1.54) is 0 Å². The lowest BCUT2D eigenvalue weighted by Gasteiger charge is -2.14. The zero-order valence-electron chi connectivity index (χ0n) is 14.1. The Bertz CT molecular complexity index is 564. The predicted molar refractivity (Wildman–Crippen MR) is 87.1 cm³/mol. The fraction of sp³-hybridized carbons (Fsp3) is 0.471. The third-order valence-electron chi connectivity index (χ3n) is 3.11. The van der Waals surface area contributed by atoms with Crippen LogP contribution in [0.5, 0.6) is 0 Å². The van der Waals surface area contributed by atoms with E-state index in [-0.39, 0.29) is 5.91 Å². The minimum Gasteiger partial charge on any atom is -0.452 e. The summed E-state index contributed by atoms with van der Waals surface area (Å²) in [5, 5.41) is 5.17. The van der Waals surface area contributed by atoms with Crippen LogP contribution in [0.2, 0.25) is 0 Å². The van der Waals surface area contributed by atoms with Crippen LogP contribution >= 0.6 is 0 Å². The van der Waals surface area contributed by atoms with Crippen molar-refractivity contribution in [3.8, 4) is 0 Å². The Morgan fingerprint density at radius 2 is 1.74 bits per heavy atom. The van der Waals surface area contributed by atoms with Crippen molar-refractivity contribution in [3.05, 3.63) is 34.9 Å². The van der Waals surface area contributed by atoms with E-state index in [4.69, 9.17) is 4.74 Å². The number of hydrogen-bond acceptors (Lipinski definition) is 4. The second-order valence-electron chi connectivity index (χ2n) is 5.53. The van der Waals surface area contributed by atoms with Gasteiger partial charge in [-0.2, -0.15) is 0 Å². The van der Waals surface area contributed by atoms with Gasteiger partial charge in [0.1, 0.15) is 6.04 Å². The quantitative estimate of drug-likeness (QED) is 0.746. The highest BCUT2D eigenvalue weighted by Crippen LogP contribution is 2.10. The average molecular weight is 320 g/mol. The highest BCUT2D eigenvalue weighted by Gasteiger charge is 2.16. The van der Waals surface area contributed by atoms with Gasteiger partial charge in [0.2, 0.25) is 5.91 Å². The Kier molecular flexibility index (Phi) is 7.25. The summed E-state index contributed by atoms with van der Waals surface area (Å²) < 4.78 is 4.98. The summed E-state index contributed by atoms with van der Waals surface area (Å²) >= 11 is 0. The fourth-order valence-electron chi connectivity index (χ4n) is 2.06. The van der Waals surface area contributed by atoms with E-state index in [0.717, 1.165) is 17.5 Å². The van der Waals surface area contributed by atoms with Crippen molar-refractivity contribution in [2.24, 2.45) is 0 Å². The van der Waals surface area contributed by atoms with Gasteiger partial charge in [0.05, 0.1) is 5.56 Å². The molecule has 0 saturated carbocycles. The first-order valence-corrected chi connectivity index (χ1v) is 7.66. The van der Waals surface area contributed by atoms with Crippen molar-refractivity contribution in [2.45, 2.75) is 40.2 Å². The van der Waals surface area contributed by atoms with Gasteiger partial charge in [-0.05, 0) is 39.3 Å². The molecular weight excluding hydrogens is 296 g/mol. The van der Waals surface area contributed by atoms with E-state index in [1.807, 2.05) is 26.8 Å². The summed E-state index contributed by atoms with van der Waals surface area (Å²) in [6.45, 7) is 7.42. The Morgan fingerprint density at radius 3 is 2.30 bits per heavy atom. The lowest BCUT2D eigenvalue weighted by molar-refractivity contribution is -0.130. The molecule has 0 aromatic heterocycles. The molecule has 1 aromatic carbocycles. The minimum atomic E-state index is -0.672. The molecule has 6 nitrogen and oxygen atoms in total. The van der Waals surface area contributed by atoms with E-state index in [0.29, 0.717) is 12.1 Å². The maximum atomic E-state index is 11.9. The van der Waals surface area contributed by atoms with E-state index >= 15 is 0 Å². The molecule has 0 aliphatic rings. The summed E-state index contributed by atoms with van der Waals surface area (Å²) in [6, 6.07) is 4.68. The van der Waals surface area contributed by atoms with Crippen molar-refractivity contribution in [1.82, 2.24) is 10.6 Å². The third kappa shape index (κ3) is 6.50. The molecule has 1 rings (SSSR count). The first kappa shape index (κ1) is 18.7. The largest absolute Gasteiger partial charge is 0.452 e. The molecule has 2 N–H and O–H groups in total. The molecule has 0 bridgehead atoms. The van der Waals surface area contributed by atoms with Crippen LogP contribution in [0.25, 0.3) is 0 Å². The van der Waals surface area contributed by atoms with Crippen molar-refractivity contribution in [3.63, 3.8) is 0 Å². The van der Waals surface area contributed by atoms with Gasteiger partial charge in [0.15, 0.2) is 6.61 Å². The van der Waals surface area contributed by atoms with E-state index < -0.39 is 24.5 Å². The van der Waals surface area contributed by atoms with Gasteiger partial charge in [0, 0.05) is 6.54 Å². The van der Waals surface area contributed by atoms with Gasteiger partial charge in [-0.1, -0.05) is 24.1 Å². The number of carbonyl (C=O) groups excluding carboxylic acids is 3. The number of hydrogen-bond donors (Lipinski definition) is 2. The first-order chi connectivity index (χ1) is 10.8. The second kappa shape index (κ2) is 8.92. The molecule has 2 amide bonds. The van der Waals surface area contributed by atoms with Crippen LogP contribution in [0.4, 0.5) is 0 Å². The number of ether oxygens (including phenoxy) is 1. The Balaban J connectivity index is 2.46. The molecule has 1 aromatic rings. The molecule has 23 heavy (non-hydrogen) atoms. The number of nitrogens with one attached hydrogen (secondary N) is 2. The summed E-state index contributed by atoms with van der Waals surface area (Å²) in [5.41, 5.74) is 2.30. The lowest BCUT2D eigenvalue weighted by Crippen LogP contribution is -2.46. The van der Waals surface area contributed by atoms with Crippen molar-refractivity contribution >= 4 is 17.8 Å². The topological polar surface area (TPSA) is 84.5 Å². The molecule has 0 radical (unpaired) electrons. The van der Waals surface area contributed by atoms with Crippen LogP contribution in [0, 0.1) is 13.8 Å². The summed E-state index contributed by atoms with van der Waals surface area (Å²) in [6.07, 6.45) is 0.819. The van der Waals surface area contributed by atoms with Crippen molar-refractivity contribution < 1.29 is 19.1 Å². The maximum absolute atomic E-state index is 11.9. The van der Waals surface area contributed by atoms with Crippen molar-refractivity contribution in [2.75, 3.05) is 13.2 Å². The van der Waals surface area contributed by atoms with Gasteiger partial charge in [-0.25, -0.2) is 4.79 Å². The van der Waals surface area contributed by atoms with Crippen LogP contribution in [-0.4, -0.2) is 37.0 Å². The van der Waals surface area contributed by atoms with E-state index in [9.17, 15) is 14.4 Å². The molecule has 0 aliphatic heterocycles. The van der Waals surface area contributed by atoms with Crippen LogP contribution < -0.4 is 10.6 Å². The van der Waals surface area contributed by atoms with Crippen LogP contribution in [0.15, 0.2) is 18.2 Å². The summed E-state index contributed by atoms with van der Waals surface area (Å²) in [7, 11) is 0. The summed E-state index contributed by atoms with van der Waals surface area (Å²) in [5.74, 6) is -1.34. The molecular formula is C17H24N2O4. The van der Waals surface area contributed by atoms with E-state index in [2.05, 4.69) is 10.6 Å². The van der Waals surface area contributed by atoms with Crippen molar-refractivity contribution in [1.29, 1.82) is 0 Å². The highest BCUT2D eigenvalue weighted by atomic mass is 16.5. The molecule has 1 atom stereocenters. The molecule has 0 heterocycles. The first-order valence-electron chi connectivity index (χ1n) is 7.66. The number of carbonyl (C=O) groups is 3. The Morgan fingerprint density at radius 1 is 1.13 bits per heavy atom. The molecule has 0 aliphatic carbocycles. The van der Waals surface area contributed by atoms with Gasteiger partial charge in [0.25, 0.3) is 5.91 Å². The zero-order valence-corrected chi connectivity index (χ0v) is 14.1. The summed E-state index contributed by atoms with van der Waals surface area (Å²) in [4.78, 5) is 35.3. The van der Waals surface area contributed by atoms with Crippen LogP contribution in [0.1, 0.15) is 41.8 Å². The highest BCUT2D eigenvalue weighted by molar-refractivity contribution is 5.92. The monoisotopic (exact) mass is 320 g/mol. The second-order valence-corrected chi connectivity index (χ2v) is 5.53. The fourth-order valence-corrected chi connectivity index (χ4v) is 2.06. The average Bonchev–Trinajstić information content (AvgIpc) is 2.49. The smallest absolute Gasteiger partial charge is 0.338 e. The third-order valence-corrected chi connectivity index (χ3v) is 3.11. The molecule has 0 saturated heterocycles. The van der Waals surface area contributed by atoms with E-state index in [1.54, 1.807) is 19.1 Å². The standard InChI is InChI=1S/C17H24N2O4/c1-5-6-18-16(21)13(4)19-15(20)10-23-17(22)14-8-11(2)7-12(3)9-14/h7-9,13H,5-6,10H2,1-4H3,(H,18,21)(H,19,20)/t13-/m1/s1. The van der Waals surface area contributed by atoms with Gasteiger partial charge in [-0.15, -0.1) is 0 Å². The lowest BCUT2D eigenvalue weighted by atomic mass is 10.1. The number of benzene rings is 1. The normalized spacial score (nSPS) is 11.5. The molecule has 0 unspecified atom stereocenters. The SMILES string of the molecule is CCCNC(=O)[C@@H](C)NC(=O)COC(=O)c1cc(C)cc(C)c1. The van der Waals surface area contributed by atoms with Gasteiger partial charge < -0.3 is 15.4 Å². The Hall–Kier alpha value is -2.37. The maximum Gasteiger partial charge on any atom is 0.338 e. The van der Waals surface area contributed by atoms with Crippen LogP contribution in [-0.2, 0) is 14.3 Å². The number of esters is 1. The van der Waals surface area contributed by atoms with Gasteiger partial charge >= 0.3 is 5.97 Å². The predicted octanol–water partition coefficient (Wildman–Crippen LogP) is 1.49. The number of rotatable bonds is 7. The van der Waals surface area contributed by atoms with Crippen LogP contribution in [0.3, 0.4) is 0 Å². The number of amides is 2. The molecule has 0 spiro atoms. The molecule has 126 valence electrons. The molecule has 0 fully saturated rings. The zero-order chi connectivity index (χ0) is 17.4.